The molecule has 0 radical (unpaired) electrons. The van der Waals surface area contributed by atoms with E-state index in [9.17, 15) is 9.59 Å². The highest BCUT2D eigenvalue weighted by Crippen LogP contribution is 2.35. The van der Waals surface area contributed by atoms with E-state index in [4.69, 9.17) is 4.74 Å². The summed E-state index contributed by atoms with van der Waals surface area (Å²) in [6.07, 6.45) is 2.59. The van der Waals surface area contributed by atoms with Crippen LogP contribution in [-0.4, -0.2) is 23.3 Å². The van der Waals surface area contributed by atoms with Gasteiger partial charge in [0.2, 0.25) is 0 Å². The monoisotopic (exact) mass is 321 g/mol. The van der Waals surface area contributed by atoms with Gasteiger partial charge in [0.1, 0.15) is 0 Å². The smallest absolute Gasteiger partial charge is 0.340 e. The number of carbonyl (C=O) groups is 2. The number of fused-ring (bicyclic) bond motifs is 1. The van der Waals surface area contributed by atoms with Gasteiger partial charge in [-0.2, -0.15) is 0 Å². The maximum atomic E-state index is 12.6. The summed E-state index contributed by atoms with van der Waals surface area (Å²) in [5.41, 5.74) is 5.16. The lowest BCUT2D eigenvalue weighted by Crippen LogP contribution is -2.06. The normalized spacial score (nSPS) is 10.8. The van der Waals surface area contributed by atoms with Gasteiger partial charge in [0.05, 0.1) is 23.4 Å². The van der Waals surface area contributed by atoms with Gasteiger partial charge in [-0.25, -0.2) is 4.79 Å². The topological polar surface area (TPSA) is 47.8 Å². The number of benzene rings is 1. The SMILES string of the molecule is CCOC(=O)c1c(-c2cc(C)ccc2C)c(C=O)n2ccccc12. The number of nitrogens with zero attached hydrogens (tertiary/aromatic N) is 1. The zero-order valence-electron chi connectivity index (χ0n) is 14.0. The van der Waals surface area contributed by atoms with Crippen LogP contribution in [0.1, 0.15) is 38.9 Å². The van der Waals surface area contributed by atoms with Crippen molar-refractivity contribution in [2.75, 3.05) is 6.61 Å². The molecular weight excluding hydrogens is 302 g/mol. The number of rotatable bonds is 4. The number of aryl methyl sites for hydroxylation is 2. The lowest BCUT2D eigenvalue weighted by Gasteiger charge is -2.09. The number of pyridine rings is 1. The zero-order chi connectivity index (χ0) is 17.3. The fourth-order valence-electron chi connectivity index (χ4n) is 3.04. The van der Waals surface area contributed by atoms with Crippen LogP contribution in [0.15, 0.2) is 42.6 Å². The summed E-state index contributed by atoms with van der Waals surface area (Å²) in [5, 5.41) is 0. The highest BCUT2D eigenvalue weighted by atomic mass is 16.5. The lowest BCUT2D eigenvalue weighted by molar-refractivity contribution is 0.0529. The molecule has 0 aliphatic heterocycles. The van der Waals surface area contributed by atoms with Crippen molar-refractivity contribution in [1.29, 1.82) is 0 Å². The molecule has 0 aliphatic rings. The Kier molecular flexibility index (Phi) is 4.21. The fourth-order valence-corrected chi connectivity index (χ4v) is 3.04. The summed E-state index contributed by atoms with van der Waals surface area (Å²) in [7, 11) is 0. The number of aldehydes is 1. The highest BCUT2D eigenvalue weighted by Gasteiger charge is 2.25. The molecule has 2 heterocycles. The third-order valence-electron chi connectivity index (χ3n) is 4.14. The van der Waals surface area contributed by atoms with Gasteiger partial charge in [0, 0.05) is 11.8 Å². The molecule has 24 heavy (non-hydrogen) atoms. The van der Waals surface area contributed by atoms with E-state index in [0.29, 0.717) is 22.3 Å². The Morgan fingerprint density at radius 3 is 2.71 bits per heavy atom. The Bertz CT molecular complexity index is 937. The summed E-state index contributed by atoms with van der Waals surface area (Å²) in [6.45, 7) is 6.02. The van der Waals surface area contributed by atoms with E-state index in [-0.39, 0.29) is 6.61 Å². The van der Waals surface area contributed by atoms with Crippen LogP contribution in [0.2, 0.25) is 0 Å². The summed E-state index contributed by atoms with van der Waals surface area (Å²) >= 11 is 0. The van der Waals surface area contributed by atoms with Crippen LogP contribution in [-0.2, 0) is 4.74 Å². The predicted octanol–water partition coefficient (Wildman–Crippen LogP) is 4.21. The molecule has 0 amide bonds. The molecule has 0 unspecified atom stereocenters. The second-order valence-corrected chi connectivity index (χ2v) is 5.75. The van der Waals surface area contributed by atoms with Gasteiger partial charge >= 0.3 is 5.97 Å². The van der Waals surface area contributed by atoms with Crippen molar-refractivity contribution in [2.45, 2.75) is 20.8 Å². The van der Waals surface area contributed by atoms with E-state index >= 15 is 0 Å². The third kappa shape index (κ3) is 2.50. The molecule has 2 aromatic heterocycles. The zero-order valence-corrected chi connectivity index (χ0v) is 14.0. The van der Waals surface area contributed by atoms with Crippen molar-refractivity contribution in [3.8, 4) is 11.1 Å². The molecule has 0 saturated carbocycles. The number of hydrogen-bond acceptors (Lipinski definition) is 3. The molecule has 0 atom stereocenters. The van der Waals surface area contributed by atoms with E-state index < -0.39 is 5.97 Å². The van der Waals surface area contributed by atoms with Gasteiger partial charge in [-0.15, -0.1) is 0 Å². The van der Waals surface area contributed by atoms with Crippen molar-refractivity contribution in [1.82, 2.24) is 4.40 Å². The summed E-state index contributed by atoms with van der Waals surface area (Å²) in [4.78, 5) is 24.5. The Labute approximate surface area is 140 Å². The molecule has 122 valence electrons. The van der Waals surface area contributed by atoms with Gasteiger partial charge in [-0.3, -0.25) is 4.79 Å². The van der Waals surface area contributed by atoms with Crippen LogP contribution in [0.4, 0.5) is 0 Å². The van der Waals surface area contributed by atoms with Crippen LogP contribution in [0.3, 0.4) is 0 Å². The average molecular weight is 321 g/mol. The van der Waals surface area contributed by atoms with Crippen molar-refractivity contribution in [3.63, 3.8) is 0 Å². The lowest BCUT2D eigenvalue weighted by atomic mass is 9.95. The molecule has 0 spiro atoms. The molecular formula is C20H19NO3. The van der Waals surface area contributed by atoms with Crippen LogP contribution in [0.25, 0.3) is 16.6 Å². The third-order valence-corrected chi connectivity index (χ3v) is 4.14. The predicted molar refractivity (Wildman–Crippen MR) is 93.7 cm³/mol. The summed E-state index contributed by atoms with van der Waals surface area (Å²) in [6, 6.07) is 11.5. The molecule has 3 aromatic rings. The van der Waals surface area contributed by atoms with E-state index in [0.717, 1.165) is 23.0 Å². The molecule has 4 heteroatoms. The molecule has 0 bridgehead atoms. The molecule has 3 rings (SSSR count). The Hall–Kier alpha value is -2.88. The summed E-state index contributed by atoms with van der Waals surface area (Å²) < 4.78 is 7.00. The minimum Gasteiger partial charge on any atom is -0.462 e. The minimum atomic E-state index is -0.412. The Morgan fingerprint density at radius 2 is 2.00 bits per heavy atom. The van der Waals surface area contributed by atoms with E-state index in [1.54, 1.807) is 17.5 Å². The molecule has 4 nitrogen and oxygen atoms in total. The standard InChI is InChI=1S/C20H19NO3/c1-4-24-20(23)19-16-7-5-6-10-21(16)17(12-22)18(19)15-11-13(2)8-9-14(15)3/h5-12H,4H2,1-3H3. The summed E-state index contributed by atoms with van der Waals surface area (Å²) in [5.74, 6) is -0.412. The minimum absolute atomic E-state index is 0.283. The number of aromatic nitrogens is 1. The number of esters is 1. The Morgan fingerprint density at radius 1 is 1.21 bits per heavy atom. The largest absolute Gasteiger partial charge is 0.462 e. The van der Waals surface area contributed by atoms with Gasteiger partial charge in [0.25, 0.3) is 0 Å². The first-order chi connectivity index (χ1) is 11.6. The number of ether oxygens (including phenoxy) is 1. The van der Waals surface area contributed by atoms with Crippen LogP contribution < -0.4 is 0 Å². The number of carbonyl (C=O) groups excluding carboxylic acids is 2. The maximum absolute atomic E-state index is 12.6. The Balaban J connectivity index is 2.45. The second kappa shape index (κ2) is 6.32. The molecule has 0 fully saturated rings. The molecule has 0 saturated heterocycles. The fraction of sp³-hybridized carbons (Fsp3) is 0.200. The second-order valence-electron chi connectivity index (χ2n) is 5.75. The van der Waals surface area contributed by atoms with Gasteiger partial charge in [-0.1, -0.05) is 29.8 Å². The van der Waals surface area contributed by atoms with Gasteiger partial charge in [-0.05, 0) is 44.0 Å². The van der Waals surface area contributed by atoms with Crippen LogP contribution in [0, 0.1) is 13.8 Å². The van der Waals surface area contributed by atoms with Gasteiger partial charge in [0.15, 0.2) is 6.29 Å². The van der Waals surface area contributed by atoms with Gasteiger partial charge < -0.3 is 9.14 Å². The van der Waals surface area contributed by atoms with E-state index in [1.807, 2.05) is 50.2 Å². The van der Waals surface area contributed by atoms with Crippen molar-refractivity contribution in [3.05, 3.63) is 65.0 Å². The van der Waals surface area contributed by atoms with Crippen molar-refractivity contribution < 1.29 is 14.3 Å². The highest BCUT2D eigenvalue weighted by molar-refractivity contribution is 6.09. The average Bonchev–Trinajstić information content (AvgIpc) is 2.91. The molecule has 0 N–H and O–H groups in total. The van der Waals surface area contributed by atoms with Crippen LogP contribution in [0.5, 0.6) is 0 Å². The molecule has 1 aromatic carbocycles. The molecule has 0 aliphatic carbocycles. The first-order valence-electron chi connectivity index (χ1n) is 7.91. The van der Waals surface area contributed by atoms with Crippen molar-refractivity contribution in [2.24, 2.45) is 0 Å². The first kappa shape index (κ1) is 16.0. The maximum Gasteiger partial charge on any atom is 0.340 e. The first-order valence-corrected chi connectivity index (χ1v) is 7.91. The quantitative estimate of drug-likeness (QED) is 0.534. The van der Waals surface area contributed by atoms with E-state index in [2.05, 4.69) is 0 Å². The van der Waals surface area contributed by atoms with E-state index in [1.165, 1.54) is 0 Å². The van der Waals surface area contributed by atoms with Crippen molar-refractivity contribution >= 4 is 17.8 Å². The van der Waals surface area contributed by atoms with Crippen LogP contribution >= 0.6 is 0 Å². The number of hydrogen-bond donors (Lipinski definition) is 0.